The van der Waals surface area contributed by atoms with E-state index in [0.29, 0.717) is 10.4 Å². The summed E-state index contributed by atoms with van der Waals surface area (Å²) in [7, 11) is -4.12. The van der Waals surface area contributed by atoms with Gasteiger partial charge in [0.25, 0.3) is 10.0 Å². The molecule has 9 heteroatoms. The second kappa shape index (κ2) is 5.99. The largest absolute Gasteiger partial charge is 0.391 e. The van der Waals surface area contributed by atoms with Gasteiger partial charge in [0.2, 0.25) is 0 Å². The lowest BCUT2D eigenvalue weighted by Gasteiger charge is -2.08. The number of aliphatic hydroxyl groups is 1. The van der Waals surface area contributed by atoms with E-state index in [9.17, 15) is 17.2 Å². The van der Waals surface area contributed by atoms with Crippen molar-refractivity contribution >= 4 is 43.0 Å². The van der Waals surface area contributed by atoms with E-state index >= 15 is 0 Å². The highest BCUT2D eigenvalue weighted by molar-refractivity contribution is 9.10. The molecule has 1 aromatic carbocycles. The van der Waals surface area contributed by atoms with Crippen LogP contribution in [0.1, 0.15) is 10.4 Å². The Kier molecular flexibility index (Phi) is 4.66. The van der Waals surface area contributed by atoms with E-state index < -0.39 is 27.3 Å². The van der Waals surface area contributed by atoms with E-state index in [0.717, 1.165) is 23.5 Å². The molecule has 2 rings (SSSR count). The molecule has 4 nitrogen and oxygen atoms in total. The summed E-state index contributed by atoms with van der Waals surface area (Å²) in [4.78, 5) is 0.479. The van der Waals surface area contributed by atoms with Crippen molar-refractivity contribution in [3.63, 3.8) is 0 Å². The fourth-order valence-electron chi connectivity index (χ4n) is 1.60. The topological polar surface area (TPSA) is 66.4 Å². The second-order valence-electron chi connectivity index (χ2n) is 4.18. The lowest BCUT2D eigenvalue weighted by atomic mass is 10.3. The van der Waals surface area contributed by atoms with Crippen LogP contribution in [0.5, 0.6) is 0 Å². The lowest BCUT2D eigenvalue weighted by Crippen LogP contribution is -2.14. The summed E-state index contributed by atoms with van der Waals surface area (Å²) in [5.74, 6) is -2.05. The third-order valence-corrected chi connectivity index (χ3v) is 6.15. The van der Waals surface area contributed by atoms with E-state index in [1.54, 1.807) is 6.92 Å². The number of halogens is 3. The van der Waals surface area contributed by atoms with Crippen molar-refractivity contribution in [3.05, 3.63) is 44.7 Å². The Labute approximate surface area is 132 Å². The number of anilines is 1. The molecule has 0 atom stereocenters. The summed E-state index contributed by atoms with van der Waals surface area (Å²) in [5, 5.41) is 9.08. The fourth-order valence-corrected chi connectivity index (χ4v) is 4.53. The van der Waals surface area contributed by atoms with Crippen LogP contribution in [-0.4, -0.2) is 13.5 Å². The first-order valence-corrected chi connectivity index (χ1v) is 8.71. The number of benzene rings is 1. The minimum absolute atomic E-state index is 0.120. The minimum atomic E-state index is -4.12. The van der Waals surface area contributed by atoms with Gasteiger partial charge in [-0.3, -0.25) is 4.72 Å². The first-order chi connectivity index (χ1) is 9.74. The van der Waals surface area contributed by atoms with Gasteiger partial charge in [-0.25, -0.2) is 17.2 Å². The predicted molar refractivity (Wildman–Crippen MR) is 79.8 cm³/mol. The fraction of sp³-hybridized carbons (Fsp3) is 0.167. The van der Waals surface area contributed by atoms with E-state index in [4.69, 9.17) is 5.11 Å². The molecule has 0 saturated carbocycles. The van der Waals surface area contributed by atoms with Gasteiger partial charge in [0, 0.05) is 9.35 Å². The predicted octanol–water partition coefficient (Wildman–Crippen LogP) is 3.39. The molecule has 114 valence electrons. The molecule has 0 spiro atoms. The quantitative estimate of drug-likeness (QED) is 0.830. The lowest BCUT2D eigenvalue weighted by molar-refractivity contribution is 0.285. The average molecular weight is 398 g/mol. The molecule has 21 heavy (non-hydrogen) atoms. The van der Waals surface area contributed by atoms with E-state index in [-0.39, 0.29) is 15.3 Å². The molecule has 0 aliphatic carbocycles. The van der Waals surface area contributed by atoms with Crippen molar-refractivity contribution in [1.82, 2.24) is 0 Å². The number of aryl methyl sites for hydroxylation is 1. The van der Waals surface area contributed by atoms with Crippen LogP contribution in [0.25, 0.3) is 0 Å². The summed E-state index contributed by atoms with van der Waals surface area (Å²) in [6.45, 7) is 1.34. The summed E-state index contributed by atoms with van der Waals surface area (Å²) < 4.78 is 53.6. The van der Waals surface area contributed by atoms with Crippen LogP contribution in [0.2, 0.25) is 0 Å². The molecule has 0 aliphatic heterocycles. The Morgan fingerprint density at radius 1 is 1.29 bits per heavy atom. The van der Waals surface area contributed by atoms with Gasteiger partial charge in [0.05, 0.1) is 6.61 Å². The maximum Gasteiger partial charge on any atom is 0.271 e. The molecule has 0 saturated heterocycles. The third kappa shape index (κ3) is 3.42. The molecule has 1 aromatic heterocycles. The monoisotopic (exact) mass is 397 g/mol. The molecule has 0 fully saturated rings. The van der Waals surface area contributed by atoms with Crippen molar-refractivity contribution in [1.29, 1.82) is 0 Å². The van der Waals surface area contributed by atoms with E-state index in [2.05, 4.69) is 15.9 Å². The zero-order chi connectivity index (χ0) is 15.8. The highest BCUT2D eigenvalue weighted by Gasteiger charge is 2.22. The van der Waals surface area contributed by atoms with Crippen molar-refractivity contribution in [2.45, 2.75) is 17.7 Å². The van der Waals surface area contributed by atoms with Crippen LogP contribution < -0.4 is 4.72 Å². The molecule has 2 aromatic rings. The molecule has 0 amide bonds. The molecule has 0 unspecified atom stereocenters. The smallest absolute Gasteiger partial charge is 0.271 e. The maximum absolute atomic E-state index is 13.7. The normalized spacial score (nSPS) is 11.7. The summed E-state index contributed by atoms with van der Waals surface area (Å²) in [5.41, 5.74) is -0.144. The van der Waals surface area contributed by atoms with Gasteiger partial charge in [0.1, 0.15) is 9.90 Å². The summed E-state index contributed by atoms with van der Waals surface area (Å²) in [6.07, 6.45) is 0. The Balaban J connectivity index is 2.42. The zero-order valence-corrected chi connectivity index (χ0v) is 13.9. The van der Waals surface area contributed by atoms with Gasteiger partial charge in [-0.15, -0.1) is 11.3 Å². The summed E-state index contributed by atoms with van der Waals surface area (Å²) in [6, 6.07) is 3.26. The number of hydrogen-bond acceptors (Lipinski definition) is 4. The van der Waals surface area contributed by atoms with Crippen LogP contribution in [0.3, 0.4) is 0 Å². The van der Waals surface area contributed by atoms with Crippen molar-refractivity contribution < 1.29 is 22.3 Å². The standard InChI is InChI=1S/C12H10BrF2NO3S2/c1-6-2-11(20-10(6)5-17)21(18,19)16-12-8(14)3-7(13)4-9(12)15/h2-4,16-17H,5H2,1H3. The minimum Gasteiger partial charge on any atom is -0.391 e. The van der Waals surface area contributed by atoms with Crippen LogP contribution in [0, 0.1) is 18.6 Å². The number of thiophene rings is 1. The highest BCUT2D eigenvalue weighted by Crippen LogP contribution is 2.30. The van der Waals surface area contributed by atoms with Gasteiger partial charge in [-0.1, -0.05) is 15.9 Å². The Hall–Kier alpha value is -1.03. The second-order valence-corrected chi connectivity index (χ2v) is 8.14. The van der Waals surface area contributed by atoms with Crippen molar-refractivity contribution in [3.8, 4) is 0 Å². The number of aliphatic hydroxyl groups excluding tert-OH is 1. The molecule has 1 heterocycles. The van der Waals surface area contributed by atoms with Gasteiger partial charge >= 0.3 is 0 Å². The first kappa shape index (κ1) is 16.3. The average Bonchev–Trinajstić information content (AvgIpc) is 2.76. The number of hydrogen-bond donors (Lipinski definition) is 2. The molecule has 0 radical (unpaired) electrons. The van der Waals surface area contributed by atoms with Crippen LogP contribution in [0.15, 0.2) is 26.9 Å². The third-order valence-electron chi connectivity index (χ3n) is 2.65. The molecular weight excluding hydrogens is 388 g/mol. The van der Waals surface area contributed by atoms with E-state index in [1.807, 2.05) is 4.72 Å². The Bertz CT molecular complexity index is 767. The zero-order valence-electron chi connectivity index (χ0n) is 10.7. The van der Waals surface area contributed by atoms with Crippen LogP contribution in [-0.2, 0) is 16.6 Å². The van der Waals surface area contributed by atoms with Crippen LogP contribution >= 0.6 is 27.3 Å². The van der Waals surface area contributed by atoms with Crippen molar-refractivity contribution in [2.24, 2.45) is 0 Å². The highest BCUT2D eigenvalue weighted by atomic mass is 79.9. The number of nitrogens with one attached hydrogen (secondary N) is 1. The van der Waals surface area contributed by atoms with Gasteiger partial charge < -0.3 is 5.11 Å². The first-order valence-electron chi connectivity index (χ1n) is 5.62. The Morgan fingerprint density at radius 2 is 1.86 bits per heavy atom. The van der Waals surface area contributed by atoms with Crippen molar-refractivity contribution in [2.75, 3.05) is 4.72 Å². The SMILES string of the molecule is Cc1cc(S(=O)(=O)Nc2c(F)cc(Br)cc2F)sc1CO. The molecule has 2 N–H and O–H groups in total. The maximum atomic E-state index is 13.7. The molecule has 0 aliphatic rings. The summed E-state index contributed by atoms with van der Waals surface area (Å²) >= 11 is 3.76. The number of rotatable bonds is 4. The number of sulfonamides is 1. The van der Waals surface area contributed by atoms with Gasteiger partial charge in [-0.2, -0.15) is 0 Å². The van der Waals surface area contributed by atoms with Crippen LogP contribution in [0.4, 0.5) is 14.5 Å². The molecule has 0 bridgehead atoms. The van der Waals surface area contributed by atoms with E-state index in [1.165, 1.54) is 6.07 Å². The van der Waals surface area contributed by atoms with Gasteiger partial charge in [-0.05, 0) is 30.7 Å². The van der Waals surface area contributed by atoms with Gasteiger partial charge in [0.15, 0.2) is 11.6 Å². The Morgan fingerprint density at radius 3 is 2.33 bits per heavy atom. The molecular formula is C12H10BrF2NO3S2.